The first-order chi connectivity index (χ1) is 17.5. The normalized spacial score (nSPS) is 14.5. The van der Waals surface area contributed by atoms with Gasteiger partial charge in [0, 0.05) is 41.5 Å². The average molecular weight is 485 g/mol. The van der Waals surface area contributed by atoms with Crippen molar-refractivity contribution >= 4 is 39.8 Å². The smallest absolute Gasteiger partial charge is 0.270 e. The highest BCUT2D eigenvalue weighted by Gasteiger charge is 2.26. The molecule has 182 valence electrons. The molecule has 36 heavy (non-hydrogen) atoms. The molecule has 1 aliphatic rings. The number of carbonyl (C=O) groups is 2. The van der Waals surface area contributed by atoms with Crippen molar-refractivity contribution in [3.63, 3.8) is 0 Å². The minimum absolute atomic E-state index is 0.0947. The Hall–Kier alpha value is -4.46. The molecular formula is C28H25FN4O3. The number of nitrogen functional groups attached to an aromatic ring is 1. The minimum Gasteiger partial charge on any atom is -0.476 e. The molecule has 0 aliphatic carbocycles. The number of aromatic nitrogens is 1. The molecule has 8 heteroatoms. The van der Waals surface area contributed by atoms with Gasteiger partial charge < -0.3 is 20.7 Å². The number of nitrogens with two attached hydrogens (primary N) is 1. The van der Waals surface area contributed by atoms with Gasteiger partial charge in [-0.15, -0.1) is 0 Å². The zero-order valence-corrected chi connectivity index (χ0v) is 19.5. The second kappa shape index (κ2) is 10.0. The molecular weight excluding hydrogens is 459 g/mol. The SMILES string of the molecule is Nc1nccc2ccc(OC(C(=O)Nc3ccc(N4CCCCC4=O)cc3)c3ccccc3F)cc12. The molecule has 1 atom stereocenters. The van der Waals surface area contributed by atoms with Crippen molar-refractivity contribution in [3.05, 3.63) is 90.4 Å². The van der Waals surface area contributed by atoms with E-state index in [9.17, 15) is 14.0 Å². The zero-order chi connectivity index (χ0) is 25.1. The van der Waals surface area contributed by atoms with Crippen LogP contribution in [-0.4, -0.2) is 23.3 Å². The number of amides is 2. The third-order valence-electron chi connectivity index (χ3n) is 6.22. The fourth-order valence-electron chi connectivity index (χ4n) is 4.34. The number of benzene rings is 3. The summed E-state index contributed by atoms with van der Waals surface area (Å²) in [5.41, 5.74) is 7.38. The first kappa shape index (κ1) is 23.3. The first-order valence-electron chi connectivity index (χ1n) is 11.8. The van der Waals surface area contributed by atoms with Gasteiger partial charge in [-0.3, -0.25) is 9.59 Å². The number of fused-ring (bicyclic) bond motifs is 1. The Labute approximate surface area is 207 Å². The van der Waals surface area contributed by atoms with Crippen molar-refractivity contribution in [1.29, 1.82) is 0 Å². The maximum absolute atomic E-state index is 14.7. The second-order valence-corrected chi connectivity index (χ2v) is 8.64. The van der Waals surface area contributed by atoms with Crippen LogP contribution < -0.4 is 20.7 Å². The van der Waals surface area contributed by atoms with Crippen LogP contribution in [0.1, 0.15) is 30.9 Å². The molecule has 5 rings (SSSR count). The fourth-order valence-corrected chi connectivity index (χ4v) is 4.34. The van der Waals surface area contributed by atoms with Gasteiger partial charge in [-0.25, -0.2) is 9.37 Å². The van der Waals surface area contributed by atoms with Gasteiger partial charge in [-0.1, -0.05) is 24.3 Å². The van der Waals surface area contributed by atoms with E-state index in [1.54, 1.807) is 65.7 Å². The van der Waals surface area contributed by atoms with E-state index in [2.05, 4.69) is 10.3 Å². The van der Waals surface area contributed by atoms with Gasteiger partial charge in [0.1, 0.15) is 17.4 Å². The molecule has 2 amide bonds. The Morgan fingerprint density at radius 3 is 2.64 bits per heavy atom. The third kappa shape index (κ3) is 4.84. The Kier molecular flexibility index (Phi) is 6.49. The third-order valence-corrected chi connectivity index (χ3v) is 6.22. The van der Waals surface area contributed by atoms with Crippen molar-refractivity contribution in [2.24, 2.45) is 0 Å². The number of nitrogens with zero attached hydrogens (tertiary/aromatic N) is 2. The number of halogens is 1. The van der Waals surface area contributed by atoms with Crippen molar-refractivity contribution < 1.29 is 18.7 Å². The summed E-state index contributed by atoms with van der Waals surface area (Å²) in [5.74, 6) is -0.321. The lowest BCUT2D eigenvalue weighted by Crippen LogP contribution is -2.35. The van der Waals surface area contributed by atoms with Gasteiger partial charge in [0.25, 0.3) is 5.91 Å². The Morgan fingerprint density at radius 1 is 1.06 bits per heavy atom. The average Bonchev–Trinajstić information content (AvgIpc) is 2.89. The van der Waals surface area contributed by atoms with Gasteiger partial charge in [0.15, 0.2) is 0 Å². The number of rotatable bonds is 6. The number of carbonyl (C=O) groups excluding carboxylic acids is 2. The van der Waals surface area contributed by atoms with Crippen LogP contribution >= 0.6 is 0 Å². The molecule has 3 N–H and O–H groups in total. The summed E-state index contributed by atoms with van der Waals surface area (Å²) >= 11 is 0. The summed E-state index contributed by atoms with van der Waals surface area (Å²) in [6.07, 6.45) is 2.76. The molecule has 1 fully saturated rings. The van der Waals surface area contributed by atoms with Gasteiger partial charge in [-0.05, 0) is 66.8 Å². The van der Waals surface area contributed by atoms with Crippen molar-refractivity contribution in [1.82, 2.24) is 4.98 Å². The standard InChI is InChI=1S/C28H25FN4O3/c29-24-6-2-1-5-22(24)26(36-21-13-8-18-14-15-31-27(30)23(18)17-21)28(35)32-19-9-11-20(12-10-19)33-16-4-3-7-25(33)34/h1-2,5-6,8-15,17,26H,3-4,7,16H2,(H2,30,31)(H,32,35). The number of hydrogen-bond donors (Lipinski definition) is 2. The van der Waals surface area contributed by atoms with E-state index >= 15 is 0 Å². The van der Waals surface area contributed by atoms with E-state index in [0.29, 0.717) is 35.6 Å². The molecule has 0 spiro atoms. The number of pyridine rings is 1. The summed E-state index contributed by atoms with van der Waals surface area (Å²) in [5, 5.41) is 4.35. The van der Waals surface area contributed by atoms with Gasteiger partial charge in [-0.2, -0.15) is 0 Å². The second-order valence-electron chi connectivity index (χ2n) is 8.64. The molecule has 2 heterocycles. The van der Waals surface area contributed by atoms with Crippen LogP contribution in [0.2, 0.25) is 0 Å². The molecule has 3 aromatic carbocycles. The molecule has 1 aromatic heterocycles. The monoisotopic (exact) mass is 484 g/mol. The lowest BCUT2D eigenvalue weighted by molar-refractivity contribution is -0.123. The quantitative estimate of drug-likeness (QED) is 0.391. The molecule has 0 bridgehead atoms. The number of nitrogens with one attached hydrogen (secondary N) is 1. The van der Waals surface area contributed by atoms with Crippen molar-refractivity contribution in [2.75, 3.05) is 22.5 Å². The summed E-state index contributed by atoms with van der Waals surface area (Å²) in [4.78, 5) is 31.4. The van der Waals surface area contributed by atoms with E-state index in [-0.39, 0.29) is 11.5 Å². The van der Waals surface area contributed by atoms with Crippen molar-refractivity contribution in [3.8, 4) is 5.75 Å². The van der Waals surface area contributed by atoms with Gasteiger partial charge >= 0.3 is 0 Å². The molecule has 4 aromatic rings. The van der Waals surface area contributed by atoms with Crippen LogP contribution in [0.15, 0.2) is 79.0 Å². The highest BCUT2D eigenvalue weighted by atomic mass is 19.1. The van der Waals surface area contributed by atoms with Crippen molar-refractivity contribution in [2.45, 2.75) is 25.4 Å². The molecule has 0 radical (unpaired) electrons. The summed E-state index contributed by atoms with van der Waals surface area (Å²) in [7, 11) is 0. The molecule has 1 saturated heterocycles. The van der Waals surface area contributed by atoms with E-state index in [0.717, 1.165) is 23.9 Å². The summed E-state index contributed by atoms with van der Waals surface area (Å²) in [6.45, 7) is 0.680. The van der Waals surface area contributed by atoms with E-state index in [4.69, 9.17) is 10.5 Å². The van der Waals surface area contributed by atoms with Crippen LogP contribution in [0.3, 0.4) is 0 Å². The van der Waals surface area contributed by atoms with Gasteiger partial charge in [0.2, 0.25) is 12.0 Å². The van der Waals surface area contributed by atoms with E-state index in [1.807, 2.05) is 6.07 Å². The zero-order valence-electron chi connectivity index (χ0n) is 19.5. The fraction of sp³-hybridized carbons (Fsp3) is 0.179. The Balaban J connectivity index is 1.40. The van der Waals surface area contributed by atoms with Crippen LogP contribution in [0.25, 0.3) is 10.8 Å². The highest BCUT2D eigenvalue weighted by molar-refractivity contribution is 5.97. The molecule has 1 unspecified atom stereocenters. The number of anilines is 3. The Morgan fingerprint density at radius 2 is 1.86 bits per heavy atom. The predicted molar refractivity (Wildman–Crippen MR) is 137 cm³/mol. The summed E-state index contributed by atoms with van der Waals surface area (Å²) in [6, 6.07) is 20.0. The molecule has 1 aliphatic heterocycles. The minimum atomic E-state index is -1.26. The number of hydrogen-bond acceptors (Lipinski definition) is 5. The van der Waals surface area contributed by atoms with E-state index in [1.165, 1.54) is 12.1 Å². The van der Waals surface area contributed by atoms with Gasteiger partial charge in [0.05, 0.1) is 0 Å². The topological polar surface area (TPSA) is 97.6 Å². The van der Waals surface area contributed by atoms with Crippen LogP contribution in [0.4, 0.5) is 21.6 Å². The number of ether oxygens (including phenoxy) is 1. The first-order valence-corrected chi connectivity index (χ1v) is 11.8. The van der Waals surface area contributed by atoms with Crippen LogP contribution in [0.5, 0.6) is 5.75 Å². The maximum atomic E-state index is 14.7. The molecule has 0 saturated carbocycles. The van der Waals surface area contributed by atoms with E-state index < -0.39 is 17.8 Å². The lowest BCUT2D eigenvalue weighted by atomic mass is 10.1. The largest absolute Gasteiger partial charge is 0.476 e. The predicted octanol–water partition coefficient (Wildman–Crippen LogP) is 5.23. The van der Waals surface area contributed by atoms with Crippen LogP contribution in [-0.2, 0) is 9.59 Å². The highest BCUT2D eigenvalue weighted by Crippen LogP contribution is 2.30. The number of piperidine rings is 1. The summed E-state index contributed by atoms with van der Waals surface area (Å²) < 4.78 is 20.7. The Bertz CT molecular complexity index is 1420. The maximum Gasteiger partial charge on any atom is 0.270 e. The molecule has 7 nitrogen and oxygen atoms in total. The van der Waals surface area contributed by atoms with Crippen LogP contribution in [0, 0.1) is 5.82 Å². The lowest BCUT2D eigenvalue weighted by Gasteiger charge is -2.27.